The predicted octanol–water partition coefficient (Wildman–Crippen LogP) is 2.31. The van der Waals surface area contributed by atoms with E-state index in [9.17, 15) is 4.79 Å². The number of rotatable bonds is 3. The lowest BCUT2D eigenvalue weighted by Crippen LogP contribution is -2.40. The topological polar surface area (TPSA) is 53.4 Å². The van der Waals surface area contributed by atoms with Gasteiger partial charge in [0, 0.05) is 11.9 Å². The Morgan fingerprint density at radius 3 is 3.06 bits per heavy atom. The average Bonchev–Trinajstić information content (AvgIpc) is 2.75. The van der Waals surface area contributed by atoms with Crippen LogP contribution in [0.1, 0.15) is 36.5 Å². The number of thiazole rings is 1. The Morgan fingerprint density at radius 1 is 1.71 bits per heavy atom. The number of nitrogens with zero attached hydrogens (tertiary/aromatic N) is 2. The van der Waals surface area contributed by atoms with Gasteiger partial charge >= 0.3 is 5.97 Å². The molecule has 0 aliphatic carbocycles. The summed E-state index contributed by atoms with van der Waals surface area (Å²) in [5, 5.41) is 12.2. The number of aliphatic carboxylic acids is 1. The fraction of sp³-hybridized carbons (Fsp3) is 0.667. The Kier molecular flexibility index (Phi) is 3.79. The lowest BCUT2D eigenvalue weighted by atomic mass is 9.97. The number of carbonyl (C=O) groups is 1. The molecule has 1 aromatic heterocycles. The summed E-state index contributed by atoms with van der Waals surface area (Å²) in [4.78, 5) is 17.7. The van der Waals surface area contributed by atoms with Crippen LogP contribution in [-0.2, 0) is 4.79 Å². The minimum Gasteiger partial charge on any atom is -0.481 e. The van der Waals surface area contributed by atoms with Crippen LogP contribution in [0.3, 0.4) is 0 Å². The zero-order valence-corrected chi connectivity index (χ0v) is 11.0. The molecule has 2 atom stereocenters. The van der Waals surface area contributed by atoms with Gasteiger partial charge in [0.1, 0.15) is 0 Å². The van der Waals surface area contributed by atoms with E-state index in [-0.39, 0.29) is 12.0 Å². The van der Waals surface area contributed by atoms with Gasteiger partial charge in [-0.1, -0.05) is 0 Å². The van der Waals surface area contributed by atoms with Crippen molar-refractivity contribution in [1.82, 2.24) is 9.88 Å². The highest BCUT2D eigenvalue weighted by Gasteiger charge is 2.29. The van der Waals surface area contributed by atoms with Crippen molar-refractivity contribution in [2.45, 2.75) is 32.7 Å². The summed E-state index contributed by atoms with van der Waals surface area (Å²) in [6, 6.07) is 0.224. The van der Waals surface area contributed by atoms with Gasteiger partial charge in [0.2, 0.25) is 0 Å². The first-order valence-electron chi connectivity index (χ1n) is 5.97. The molecule has 0 radical (unpaired) electrons. The number of hydrogen-bond donors (Lipinski definition) is 1. The van der Waals surface area contributed by atoms with E-state index in [1.807, 2.05) is 6.92 Å². The molecule has 0 aromatic carbocycles. The highest BCUT2D eigenvalue weighted by atomic mass is 32.1. The molecule has 5 heteroatoms. The van der Waals surface area contributed by atoms with E-state index in [1.54, 1.807) is 11.3 Å². The highest BCUT2D eigenvalue weighted by Crippen LogP contribution is 2.27. The average molecular weight is 254 g/mol. The van der Waals surface area contributed by atoms with Crippen molar-refractivity contribution < 1.29 is 9.90 Å². The molecule has 17 heavy (non-hydrogen) atoms. The number of piperidine rings is 1. The van der Waals surface area contributed by atoms with Crippen LogP contribution in [0.25, 0.3) is 0 Å². The normalized spacial score (nSPS) is 23.5. The van der Waals surface area contributed by atoms with Crippen molar-refractivity contribution in [2.24, 2.45) is 5.92 Å². The van der Waals surface area contributed by atoms with Gasteiger partial charge in [-0.05, 0) is 33.2 Å². The highest BCUT2D eigenvalue weighted by molar-refractivity contribution is 7.09. The Bertz CT molecular complexity index is 405. The number of aryl methyl sites for hydroxylation is 1. The predicted molar refractivity (Wildman–Crippen MR) is 67.2 cm³/mol. The fourth-order valence-corrected chi connectivity index (χ4v) is 3.02. The van der Waals surface area contributed by atoms with Crippen molar-refractivity contribution in [1.29, 1.82) is 0 Å². The van der Waals surface area contributed by atoms with Crippen LogP contribution >= 0.6 is 11.3 Å². The molecule has 4 nitrogen and oxygen atoms in total. The van der Waals surface area contributed by atoms with Gasteiger partial charge in [-0.15, -0.1) is 11.3 Å². The van der Waals surface area contributed by atoms with E-state index in [1.165, 1.54) is 0 Å². The van der Waals surface area contributed by atoms with Gasteiger partial charge in [0.25, 0.3) is 0 Å². The minimum absolute atomic E-state index is 0.217. The van der Waals surface area contributed by atoms with Crippen LogP contribution < -0.4 is 0 Å². The van der Waals surface area contributed by atoms with Gasteiger partial charge in [-0.25, -0.2) is 4.98 Å². The number of hydrogen-bond acceptors (Lipinski definition) is 4. The molecule has 2 unspecified atom stereocenters. The van der Waals surface area contributed by atoms with E-state index in [4.69, 9.17) is 5.11 Å². The van der Waals surface area contributed by atoms with Crippen molar-refractivity contribution >= 4 is 17.3 Å². The zero-order valence-electron chi connectivity index (χ0n) is 10.2. The second-order valence-corrected chi connectivity index (χ2v) is 5.70. The van der Waals surface area contributed by atoms with Crippen LogP contribution in [0.15, 0.2) is 5.38 Å². The Hall–Kier alpha value is -0.940. The van der Waals surface area contributed by atoms with Gasteiger partial charge in [0.05, 0.1) is 22.7 Å². The van der Waals surface area contributed by atoms with Crippen molar-refractivity contribution in [2.75, 3.05) is 13.1 Å². The number of likely N-dealkylation sites (tertiary alicyclic amines) is 1. The number of carboxylic acid groups (broad SMARTS) is 1. The molecule has 1 aromatic rings. The third-order valence-corrected chi connectivity index (χ3v) is 4.21. The smallest absolute Gasteiger partial charge is 0.307 e. The molecule has 0 amide bonds. The molecule has 1 N–H and O–H groups in total. The van der Waals surface area contributed by atoms with Crippen LogP contribution in [0.2, 0.25) is 0 Å². The maximum atomic E-state index is 11.0. The van der Waals surface area contributed by atoms with E-state index in [0.717, 1.165) is 30.1 Å². The van der Waals surface area contributed by atoms with Crippen LogP contribution in [0.5, 0.6) is 0 Å². The van der Waals surface area contributed by atoms with Gasteiger partial charge in [-0.3, -0.25) is 9.69 Å². The summed E-state index contributed by atoms with van der Waals surface area (Å²) in [7, 11) is 0. The molecule has 94 valence electrons. The minimum atomic E-state index is -0.670. The van der Waals surface area contributed by atoms with Gasteiger partial charge < -0.3 is 5.11 Å². The molecule has 2 heterocycles. The molecule has 1 aliphatic rings. The van der Waals surface area contributed by atoms with E-state index >= 15 is 0 Å². The monoisotopic (exact) mass is 254 g/mol. The van der Waals surface area contributed by atoms with Gasteiger partial charge in [-0.2, -0.15) is 0 Å². The zero-order chi connectivity index (χ0) is 12.4. The summed E-state index contributed by atoms with van der Waals surface area (Å²) in [5.74, 6) is -0.887. The summed E-state index contributed by atoms with van der Waals surface area (Å²) >= 11 is 1.65. The van der Waals surface area contributed by atoms with Crippen molar-refractivity contribution in [3.8, 4) is 0 Å². The lowest BCUT2D eigenvalue weighted by Gasteiger charge is -2.34. The molecule has 2 rings (SSSR count). The molecular weight excluding hydrogens is 236 g/mol. The van der Waals surface area contributed by atoms with E-state index < -0.39 is 5.97 Å². The summed E-state index contributed by atoms with van der Waals surface area (Å²) in [6.45, 7) is 5.73. The van der Waals surface area contributed by atoms with E-state index in [0.29, 0.717) is 6.54 Å². The molecule has 1 aliphatic heterocycles. The summed E-state index contributed by atoms with van der Waals surface area (Å²) in [6.07, 6.45) is 1.76. The third-order valence-electron chi connectivity index (χ3n) is 3.41. The van der Waals surface area contributed by atoms with Gasteiger partial charge in [0.15, 0.2) is 0 Å². The summed E-state index contributed by atoms with van der Waals surface area (Å²) < 4.78 is 0. The van der Waals surface area contributed by atoms with Crippen LogP contribution in [0.4, 0.5) is 0 Å². The lowest BCUT2D eigenvalue weighted by molar-refractivity contribution is -0.143. The molecule has 1 saturated heterocycles. The maximum absolute atomic E-state index is 11.0. The number of carboxylic acids is 1. The van der Waals surface area contributed by atoms with Crippen molar-refractivity contribution in [3.05, 3.63) is 16.1 Å². The third kappa shape index (κ3) is 2.84. The Labute approximate surface area is 105 Å². The second kappa shape index (κ2) is 5.14. The maximum Gasteiger partial charge on any atom is 0.307 e. The first-order valence-corrected chi connectivity index (χ1v) is 6.84. The van der Waals surface area contributed by atoms with E-state index in [2.05, 4.69) is 22.2 Å². The second-order valence-electron chi connectivity index (χ2n) is 4.64. The molecule has 0 spiro atoms. The first-order chi connectivity index (χ1) is 8.08. The molecule has 1 fully saturated rings. The quantitative estimate of drug-likeness (QED) is 0.899. The first kappa shape index (κ1) is 12.5. The standard InChI is InChI=1S/C12H18N2O2S/c1-8(11-7-17-9(2)13-11)14-5-3-4-10(6-14)12(15)16/h7-8,10H,3-6H2,1-2H3,(H,15,16). The van der Waals surface area contributed by atoms with Crippen LogP contribution in [-0.4, -0.2) is 34.0 Å². The van der Waals surface area contributed by atoms with Crippen LogP contribution in [0, 0.1) is 12.8 Å². The Balaban J connectivity index is 2.04. The molecule has 0 bridgehead atoms. The molecule has 0 saturated carbocycles. The SMILES string of the molecule is Cc1nc(C(C)N2CCCC(C(=O)O)C2)cs1. The molecular formula is C12H18N2O2S. The number of aromatic nitrogens is 1. The summed E-state index contributed by atoms with van der Waals surface area (Å²) in [5.41, 5.74) is 1.07. The fourth-order valence-electron chi connectivity index (χ4n) is 2.32. The Morgan fingerprint density at radius 2 is 2.47 bits per heavy atom. The largest absolute Gasteiger partial charge is 0.481 e. The van der Waals surface area contributed by atoms with Crippen molar-refractivity contribution in [3.63, 3.8) is 0 Å².